The predicted molar refractivity (Wildman–Crippen MR) is 255 cm³/mol. The maximum absolute atomic E-state index is 16.2. The van der Waals surface area contributed by atoms with E-state index in [0.29, 0.717) is 5.56 Å². The van der Waals surface area contributed by atoms with Crippen LogP contribution in [0.2, 0.25) is 0 Å². The van der Waals surface area contributed by atoms with Gasteiger partial charge >= 0.3 is 36.1 Å². The topological polar surface area (TPSA) is 226 Å². The smallest absolute Gasteiger partial charge is 0.456 e. The Bertz CT molecular complexity index is 2520. The third-order valence-corrected chi connectivity index (χ3v) is 14.9. The summed E-state index contributed by atoms with van der Waals surface area (Å²) in [7, 11) is 0. The van der Waals surface area contributed by atoms with Gasteiger partial charge in [-0.25, -0.2) is 19.2 Å². The Balaban J connectivity index is 1.44. The van der Waals surface area contributed by atoms with Crippen molar-refractivity contribution in [2.45, 2.75) is 158 Å². The molecule has 0 radical (unpaired) electrons. The molecule has 18 nitrogen and oxygen atoms in total. The van der Waals surface area contributed by atoms with Gasteiger partial charge in [0.15, 0.2) is 23.6 Å². The summed E-state index contributed by atoms with van der Waals surface area (Å²) in [6.07, 6.45) is -12.9. The largest absolute Gasteiger partial charge is 0.508 e. The van der Waals surface area contributed by atoms with E-state index >= 15 is 9.59 Å². The molecule has 3 aliphatic carbocycles. The summed E-state index contributed by atoms with van der Waals surface area (Å²) < 4.78 is 52.4. The molecule has 7 rings (SSSR count). The number of ether oxygens (including phenoxy) is 9. The van der Waals surface area contributed by atoms with Crippen LogP contribution in [0.4, 0.5) is 9.59 Å². The molecule has 1 N–H and O–H groups in total. The second kappa shape index (κ2) is 19.4. The summed E-state index contributed by atoms with van der Waals surface area (Å²) in [4.78, 5) is 101. The van der Waals surface area contributed by atoms with Gasteiger partial charge in [-0.1, -0.05) is 97.2 Å². The lowest BCUT2D eigenvalue weighted by atomic mass is 9.44. The molecular formula is C51H60Cl3NO17. The van der Waals surface area contributed by atoms with E-state index in [1.807, 2.05) is 0 Å². The summed E-state index contributed by atoms with van der Waals surface area (Å²) in [5.74, 6) is -6.47. The van der Waals surface area contributed by atoms with Crippen molar-refractivity contribution in [2.24, 2.45) is 16.7 Å². The average molecular weight is 1070 g/mol. The van der Waals surface area contributed by atoms with Crippen LogP contribution in [0.5, 0.6) is 0 Å². The summed E-state index contributed by atoms with van der Waals surface area (Å²) in [6.45, 7) is 15.2. The number of amides is 1. The molecule has 0 spiro atoms. The summed E-state index contributed by atoms with van der Waals surface area (Å²) in [5, 5.41) is 14.1. The minimum Gasteiger partial charge on any atom is -0.456 e. The molecule has 2 bridgehead atoms. The summed E-state index contributed by atoms with van der Waals surface area (Å²) in [6, 6.07) is 15.2. The number of benzene rings is 2. The predicted octanol–water partition coefficient (Wildman–Crippen LogP) is 7.85. The lowest BCUT2D eigenvalue weighted by Crippen LogP contribution is -2.82. The van der Waals surface area contributed by atoms with Crippen molar-refractivity contribution in [3.8, 4) is 0 Å². The fourth-order valence-electron chi connectivity index (χ4n) is 11.4. The molecule has 4 fully saturated rings. The number of fused-ring (bicyclic) bond motifs is 5. The molecule has 2 saturated carbocycles. The molecule has 21 heteroatoms. The average Bonchev–Trinajstić information content (AvgIpc) is 3.56. The number of nitrogens with zero attached hydrogens (tertiary/aromatic N) is 1. The van der Waals surface area contributed by atoms with Crippen molar-refractivity contribution < 1.29 is 81.3 Å². The van der Waals surface area contributed by atoms with Crippen LogP contribution in [0.25, 0.3) is 0 Å². The maximum Gasteiger partial charge on any atom is 0.508 e. The number of carbonyl (C=O) groups is 7. The van der Waals surface area contributed by atoms with E-state index in [-0.39, 0.29) is 23.1 Å². The Morgan fingerprint density at radius 1 is 0.847 bits per heavy atom. The number of hydrogen-bond donors (Lipinski definition) is 1. The fraction of sp³-hybridized carbons (Fsp3) is 0.588. The molecule has 5 aliphatic rings. The van der Waals surface area contributed by atoms with Gasteiger partial charge in [0, 0.05) is 32.1 Å². The van der Waals surface area contributed by atoms with Crippen LogP contribution >= 0.6 is 34.8 Å². The van der Waals surface area contributed by atoms with Crippen LogP contribution in [-0.4, -0.2) is 128 Å². The Morgan fingerprint density at radius 3 is 2.00 bits per heavy atom. The van der Waals surface area contributed by atoms with Gasteiger partial charge in [-0.15, -0.1) is 0 Å². The molecule has 1 amide bonds. The Kier molecular flexibility index (Phi) is 14.7. The first kappa shape index (κ1) is 54.8. The van der Waals surface area contributed by atoms with Crippen LogP contribution in [0.15, 0.2) is 71.8 Å². The van der Waals surface area contributed by atoms with Crippen molar-refractivity contribution in [2.75, 3.05) is 13.2 Å². The molecule has 0 aromatic heterocycles. The minimum absolute atomic E-state index is 0.0156. The zero-order valence-electron chi connectivity index (χ0n) is 41.8. The third kappa shape index (κ3) is 9.91. The number of aliphatic hydroxyl groups is 1. The zero-order chi connectivity index (χ0) is 53.3. The zero-order valence-corrected chi connectivity index (χ0v) is 44.0. The molecule has 2 aromatic carbocycles. The Hall–Kier alpha value is -4.98. The van der Waals surface area contributed by atoms with Crippen molar-refractivity contribution >= 4 is 76.7 Å². The van der Waals surface area contributed by atoms with Crippen molar-refractivity contribution in [3.05, 3.63) is 82.9 Å². The molecule has 392 valence electrons. The number of rotatable bonds is 9. The molecule has 2 aliphatic heterocycles. The molecule has 0 unspecified atom stereocenters. The fourth-order valence-corrected chi connectivity index (χ4v) is 11.5. The van der Waals surface area contributed by atoms with Gasteiger partial charge in [0.2, 0.25) is 3.79 Å². The Labute approximate surface area is 432 Å². The van der Waals surface area contributed by atoms with Gasteiger partial charge in [0.1, 0.15) is 54.0 Å². The quantitative estimate of drug-likeness (QED) is 0.109. The standard InChI is InChI=1S/C51H60Cl3NO17/c1-26-31(67-42(60)37-35(29-18-14-12-15-19-29)55(47(9,10)71-37)43(61)72-45(4,5)6)23-50(63)40(69-41(59)30-20-16-13-17-21-30)38-48(11,39(58)36(66-27(2)56)34(26)46(50,7)8)32(68-44(62)65-25-51(52,53)54)22-33-49(38,24-64-33)70-28(3)57/h12-21,31-33,35-38,40,63H,22-25H2,1-11H3/t31-,32-,33+,35-,36+,37+,38-,40-,48+,49-,50+/m0/s1. The second-order valence-corrected chi connectivity index (χ2v) is 23.6. The SMILES string of the molecule is CC(=O)O[C@H]1C(=O)[C@]2(C)[C@@H](OC(=O)OCC(Cl)(Cl)Cl)C[C@H]3OC[C@@]3(OC(C)=O)[C@H]2[C@H](OC(=O)c2ccccc2)[C@]2(O)C[C@H](OC(=O)[C@@H]3OC(C)(C)N(C(=O)OC(C)(C)C)[C@H]3c3ccccc3)C(C)=C1C2(C)C. The first-order valence-corrected chi connectivity index (χ1v) is 24.5. The second-order valence-electron chi connectivity index (χ2n) is 21.1. The van der Waals surface area contributed by atoms with Gasteiger partial charge in [-0.2, -0.15) is 0 Å². The third-order valence-electron chi connectivity index (χ3n) is 14.5. The molecule has 2 saturated heterocycles. The normalized spacial score (nSPS) is 32.5. The number of carbonyl (C=O) groups excluding carboxylic acids is 7. The highest BCUT2D eigenvalue weighted by Gasteiger charge is 2.79. The lowest BCUT2D eigenvalue weighted by molar-refractivity contribution is -0.346. The summed E-state index contributed by atoms with van der Waals surface area (Å²) >= 11 is 17.7. The minimum atomic E-state index is -2.50. The van der Waals surface area contributed by atoms with E-state index < -0.39 is 147 Å². The molecule has 11 atom stereocenters. The van der Waals surface area contributed by atoms with Crippen molar-refractivity contribution in [1.29, 1.82) is 0 Å². The number of Topliss-reactive ketones (excluding diaryl/α,β-unsaturated/α-hetero) is 1. The number of alkyl halides is 3. The van der Waals surface area contributed by atoms with Crippen LogP contribution in [0.3, 0.4) is 0 Å². The van der Waals surface area contributed by atoms with Gasteiger partial charge in [-0.05, 0) is 77.3 Å². The molecule has 2 aromatic rings. The van der Waals surface area contributed by atoms with Gasteiger partial charge in [0.05, 0.1) is 23.5 Å². The lowest BCUT2D eigenvalue weighted by Gasteiger charge is -2.67. The Morgan fingerprint density at radius 2 is 1.46 bits per heavy atom. The maximum atomic E-state index is 16.2. The first-order valence-electron chi connectivity index (χ1n) is 23.4. The first-order chi connectivity index (χ1) is 33.3. The number of esters is 4. The highest BCUT2D eigenvalue weighted by Crippen LogP contribution is 2.65. The van der Waals surface area contributed by atoms with E-state index in [1.165, 1.54) is 30.9 Å². The summed E-state index contributed by atoms with van der Waals surface area (Å²) in [5.41, 5.74) is -10.2. The van der Waals surface area contributed by atoms with E-state index in [2.05, 4.69) is 0 Å². The van der Waals surface area contributed by atoms with Crippen molar-refractivity contribution in [1.82, 2.24) is 4.90 Å². The van der Waals surface area contributed by atoms with Gasteiger partial charge in [0.25, 0.3) is 0 Å². The van der Waals surface area contributed by atoms with Crippen molar-refractivity contribution in [3.63, 3.8) is 0 Å². The van der Waals surface area contributed by atoms with E-state index in [1.54, 1.807) is 97.0 Å². The number of hydrogen-bond acceptors (Lipinski definition) is 17. The molecule has 72 heavy (non-hydrogen) atoms. The van der Waals surface area contributed by atoms with E-state index in [4.69, 9.17) is 77.4 Å². The van der Waals surface area contributed by atoms with Crippen LogP contribution in [0.1, 0.15) is 111 Å². The van der Waals surface area contributed by atoms with Crippen LogP contribution in [-0.2, 0) is 61.8 Å². The molecule has 2 heterocycles. The van der Waals surface area contributed by atoms with Crippen LogP contribution in [0, 0.1) is 16.7 Å². The van der Waals surface area contributed by atoms with Gasteiger partial charge < -0.3 is 47.7 Å². The monoisotopic (exact) mass is 1060 g/mol. The molecular weight excluding hydrogens is 1000 g/mol. The van der Waals surface area contributed by atoms with E-state index in [0.717, 1.165) is 13.8 Å². The van der Waals surface area contributed by atoms with E-state index in [9.17, 15) is 29.1 Å². The van der Waals surface area contributed by atoms with Crippen LogP contribution < -0.4 is 0 Å². The number of ketones is 1. The highest BCUT2D eigenvalue weighted by atomic mass is 35.6. The van der Waals surface area contributed by atoms with Gasteiger partial charge in [-0.3, -0.25) is 19.3 Å². The number of halogens is 3. The highest BCUT2D eigenvalue weighted by molar-refractivity contribution is 6.67.